The lowest BCUT2D eigenvalue weighted by atomic mass is 10.0. The van der Waals surface area contributed by atoms with Gasteiger partial charge in [0.2, 0.25) is 0 Å². The molecule has 0 amide bonds. The van der Waals surface area contributed by atoms with Crippen molar-refractivity contribution in [2.45, 2.75) is 0 Å². The fourth-order valence-electron chi connectivity index (χ4n) is 2.04. The normalized spacial score (nSPS) is 10.9. The lowest BCUT2D eigenvalue weighted by Gasteiger charge is -2.04. The number of nitrogens with zero attached hydrogens (tertiary/aromatic N) is 2. The molecule has 102 valence electrons. The number of benzene rings is 3. The molecular formula is C18H13FN2. The molecule has 0 bridgehead atoms. The van der Waals surface area contributed by atoms with Crippen molar-refractivity contribution in [1.82, 2.24) is 0 Å². The van der Waals surface area contributed by atoms with Gasteiger partial charge in [0.25, 0.3) is 0 Å². The zero-order chi connectivity index (χ0) is 14.5. The molecule has 2 nitrogen and oxygen atoms in total. The van der Waals surface area contributed by atoms with Crippen LogP contribution in [-0.2, 0) is 0 Å². The Labute approximate surface area is 122 Å². The smallest absolute Gasteiger partial charge is 0.123 e. The highest BCUT2D eigenvalue weighted by Gasteiger charge is 2.04. The quantitative estimate of drug-likeness (QED) is 0.531. The first-order valence-corrected chi connectivity index (χ1v) is 6.65. The molecule has 0 fully saturated rings. The minimum Gasteiger partial charge on any atom is -0.207 e. The highest BCUT2D eigenvalue weighted by atomic mass is 19.1. The van der Waals surface area contributed by atoms with Gasteiger partial charge in [0.1, 0.15) is 5.82 Å². The van der Waals surface area contributed by atoms with Gasteiger partial charge in [0.05, 0.1) is 11.4 Å². The lowest BCUT2D eigenvalue weighted by Crippen LogP contribution is -1.79. The van der Waals surface area contributed by atoms with E-state index in [1.54, 1.807) is 12.1 Å². The van der Waals surface area contributed by atoms with Gasteiger partial charge in [-0.25, -0.2) is 4.39 Å². The van der Waals surface area contributed by atoms with Crippen molar-refractivity contribution in [3.05, 3.63) is 84.7 Å². The molecule has 0 saturated heterocycles. The SMILES string of the molecule is Fc1ccc(-c2ccccc2N=Nc2ccccc2)cc1. The lowest BCUT2D eigenvalue weighted by molar-refractivity contribution is 0.628. The molecule has 0 N–H and O–H groups in total. The van der Waals surface area contributed by atoms with Gasteiger partial charge in [-0.2, -0.15) is 5.11 Å². The largest absolute Gasteiger partial charge is 0.207 e. The number of halogens is 1. The van der Waals surface area contributed by atoms with E-state index in [0.29, 0.717) is 0 Å². The van der Waals surface area contributed by atoms with Crippen LogP contribution in [0.15, 0.2) is 89.1 Å². The van der Waals surface area contributed by atoms with Gasteiger partial charge in [-0.15, -0.1) is 5.11 Å². The Balaban J connectivity index is 1.96. The summed E-state index contributed by atoms with van der Waals surface area (Å²) in [6.07, 6.45) is 0. The molecule has 3 aromatic rings. The Morgan fingerprint density at radius 2 is 1.29 bits per heavy atom. The maximum Gasteiger partial charge on any atom is 0.123 e. The summed E-state index contributed by atoms with van der Waals surface area (Å²) in [4.78, 5) is 0. The van der Waals surface area contributed by atoms with Gasteiger partial charge < -0.3 is 0 Å². The number of hydrogen-bond acceptors (Lipinski definition) is 2. The zero-order valence-corrected chi connectivity index (χ0v) is 11.3. The summed E-state index contributed by atoms with van der Waals surface area (Å²) in [5.41, 5.74) is 3.40. The van der Waals surface area contributed by atoms with E-state index >= 15 is 0 Å². The van der Waals surface area contributed by atoms with Crippen molar-refractivity contribution in [2.75, 3.05) is 0 Å². The molecule has 0 spiro atoms. The van der Waals surface area contributed by atoms with Crippen molar-refractivity contribution < 1.29 is 4.39 Å². The third-order valence-corrected chi connectivity index (χ3v) is 3.09. The highest BCUT2D eigenvalue weighted by Crippen LogP contribution is 2.31. The van der Waals surface area contributed by atoms with Crippen LogP contribution in [0.25, 0.3) is 11.1 Å². The van der Waals surface area contributed by atoms with Gasteiger partial charge in [-0.3, -0.25) is 0 Å². The minimum atomic E-state index is -0.248. The van der Waals surface area contributed by atoms with Crippen LogP contribution >= 0.6 is 0 Å². The predicted octanol–water partition coefficient (Wildman–Crippen LogP) is 5.91. The Kier molecular flexibility index (Phi) is 3.83. The van der Waals surface area contributed by atoms with Gasteiger partial charge >= 0.3 is 0 Å². The molecule has 0 atom stereocenters. The topological polar surface area (TPSA) is 24.7 Å². The van der Waals surface area contributed by atoms with Crippen LogP contribution in [0.2, 0.25) is 0 Å². The second-order valence-electron chi connectivity index (χ2n) is 4.56. The van der Waals surface area contributed by atoms with Crippen LogP contribution < -0.4 is 0 Å². The predicted molar refractivity (Wildman–Crippen MR) is 82.5 cm³/mol. The van der Waals surface area contributed by atoms with E-state index in [0.717, 1.165) is 22.5 Å². The monoisotopic (exact) mass is 276 g/mol. The van der Waals surface area contributed by atoms with E-state index in [-0.39, 0.29) is 5.82 Å². The van der Waals surface area contributed by atoms with E-state index in [1.807, 2.05) is 54.6 Å². The summed E-state index contributed by atoms with van der Waals surface area (Å²) >= 11 is 0. The molecule has 0 unspecified atom stereocenters. The van der Waals surface area contributed by atoms with Crippen LogP contribution in [0.1, 0.15) is 0 Å². The summed E-state index contributed by atoms with van der Waals surface area (Å²) in [5, 5.41) is 8.54. The summed E-state index contributed by atoms with van der Waals surface area (Å²) in [6, 6.07) is 23.6. The Hall–Kier alpha value is -2.81. The summed E-state index contributed by atoms with van der Waals surface area (Å²) in [7, 11) is 0. The molecule has 0 aliphatic heterocycles. The van der Waals surface area contributed by atoms with Crippen LogP contribution in [0.3, 0.4) is 0 Å². The van der Waals surface area contributed by atoms with Crippen LogP contribution in [0, 0.1) is 5.82 Å². The molecular weight excluding hydrogens is 263 g/mol. The Morgan fingerprint density at radius 1 is 0.619 bits per heavy atom. The number of azo groups is 1. The number of hydrogen-bond donors (Lipinski definition) is 0. The first kappa shape index (κ1) is 13.2. The molecule has 21 heavy (non-hydrogen) atoms. The average molecular weight is 276 g/mol. The maximum absolute atomic E-state index is 13.0. The van der Waals surface area contributed by atoms with E-state index in [2.05, 4.69) is 10.2 Å². The summed E-state index contributed by atoms with van der Waals surface area (Å²) in [5.74, 6) is -0.248. The molecule has 3 rings (SSSR count). The van der Waals surface area contributed by atoms with Crippen LogP contribution in [-0.4, -0.2) is 0 Å². The van der Waals surface area contributed by atoms with E-state index < -0.39 is 0 Å². The standard InChI is InChI=1S/C18H13FN2/c19-15-12-10-14(11-13-15)17-8-4-5-9-18(17)21-20-16-6-2-1-3-7-16/h1-13H. The second kappa shape index (κ2) is 6.09. The van der Waals surface area contributed by atoms with Crippen molar-refractivity contribution in [3.8, 4) is 11.1 Å². The van der Waals surface area contributed by atoms with E-state index in [9.17, 15) is 4.39 Å². The molecule has 0 heterocycles. The highest BCUT2D eigenvalue weighted by molar-refractivity contribution is 5.75. The maximum atomic E-state index is 13.0. The third kappa shape index (κ3) is 3.20. The second-order valence-corrected chi connectivity index (χ2v) is 4.56. The first-order valence-electron chi connectivity index (χ1n) is 6.65. The Morgan fingerprint density at radius 3 is 2.05 bits per heavy atom. The molecule has 0 aromatic heterocycles. The molecule has 3 heteroatoms. The van der Waals surface area contributed by atoms with Gasteiger partial charge in [0.15, 0.2) is 0 Å². The number of rotatable bonds is 3. The molecule has 0 aliphatic carbocycles. The van der Waals surface area contributed by atoms with E-state index in [1.165, 1.54) is 12.1 Å². The molecule has 0 aliphatic rings. The van der Waals surface area contributed by atoms with Gasteiger partial charge in [-0.1, -0.05) is 48.5 Å². The first-order chi connectivity index (χ1) is 10.3. The van der Waals surface area contributed by atoms with Crippen molar-refractivity contribution >= 4 is 11.4 Å². The minimum absolute atomic E-state index is 0.248. The fraction of sp³-hybridized carbons (Fsp3) is 0. The van der Waals surface area contributed by atoms with Crippen molar-refractivity contribution in [3.63, 3.8) is 0 Å². The fourth-order valence-corrected chi connectivity index (χ4v) is 2.04. The summed E-state index contributed by atoms with van der Waals surface area (Å²) in [6.45, 7) is 0. The average Bonchev–Trinajstić information content (AvgIpc) is 2.55. The molecule has 3 aromatic carbocycles. The van der Waals surface area contributed by atoms with Crippen LogP contribution in [0.4, 0.5) is 15.8 Å². The van der Waals surface area contributed by atoms with Gasteiger partial charge in [-0.05, 0) is 35.9 Å². The van der Waals surface area contributed by atoms with E-state index in [4.69, 9.17) is 0 Å². The van der Waals surface area contributed by atoms with Crippen molar-refractivity contribution in [1.29, 1.82) is 0 Å². The third-order valence-electron chi connectivity index (χ3n) is 3.09. The van der Waals surface area contributed by atoms with Crippen LogP contribution in [0.5, 0.6) is 0 Å². The van der Waals surface area contributed by atoms with Crippen molar-refractivity contribution in [2.24, 2.45) is 10.2 Å². The Bertz CT molecular complexity index is 750. The molecule has 0 radical (unpaired) electrons. The van der Waals surface area contributed by atoms with Gasteiger partial charge in [0, 0.05) is 5.56 Å². The zero-order valence-electron chi connectivity index (χ0n) is 11.3. The molecule has 0 saturated carbocycles. The summed E-state index contributed by atoms with van der Waals surface area (Å²) < 4.78 is 13.0.